The molecule has 1 amide bonds. The molecule has 21 heavy (non-hydrogen) atoms. The largest absolute Gasteiger partial charge is 0.355 e. The molecule has 1 atom stereocenters. The molecule has 5 nitrogen and oxygen atoms in total. The van der Waals surface area contributed by atoms with Gasteiger partial charge in [0, 0.05) is 37.0 Å². The zero-order valence-electron chi connectivity index (χ0n) is 13.5. The van der Waals surface area contributed by atoms with Crippen molar-refractivity contribution in [1.82, 2.24) is 20.1 Å². The second-order valence-electron chi connectivity index (χ2n) is 5.99. The first-order valence-electron chi connectivity index (χ1n) is 7.54. The number of rotatable bonds is 6. The summed E-state index contributed by atoms with van der Waals surface area (Å²) in [6, 6.07) is 0.582. The van der Waals surface area contributed by atoms with Gasteiger partial charge in [0.2, 0.25) is 5.91 Å². The Hall–Kier alpha value is -0.980. The number of nitrogens with one attached hydrogen (secondary N) is 1. The van der Waals surface area contributed by atoms with Gasteiger partial charge < -0.3 is 10.2 Å². The van der Waals surface area contributed by atoms with Crippen LogP contribution in [0.1, 0.15) is 22.0 Å². The van der Waals surface area contributed by atoms with Crippen molar-refractivity contribution in [3.05, 3.63) is 15.6 Å². The van der Waals surface area contributed by atoms with Gasteiger partial charge in [-0.25, -0.2) is 4.98 Å². The Labute approximate surface area is 131 Å². The van der Waals surface area contributed by atoms with Crippen molar-refractivity contribution in [3.63, 3.8) is 0 Å². The monoisotopic (exact) mass is 310 g/mol. The van der Waals surface area contributed by atoms with Gasteiger partial charge in [-0.1, -0.05) is 0 Å². The van der Waals surface area contributed by atoms with E-state index in [4.69, 9.17) is 0 Å². The molecular weight excluding hydrogens is 284 g/mol. The van der Waals surface area contributed by atoms with Crippen LogP contribution in [0.25, 0.3) is 0 Å². The van der Waals surface area contributed by atoms with E-state index in [0.29, 0.717) is 19.1 Å². The molecule has 0 unspecified atom stereocenters. The molecule has 118 valence electrons. The molecule has 0 aliphatic carbocycles. The summed E-state index contributed by atoms with van der Waals surface area (Å²) >= 11 is 1.72. The Balaban J connectivity index is 1.66. The first kappa shape index (κ1) is 16.4. The lowest BCUT2D eigenvalue weighted by Gasteiger charge is -2.20. The van der Waals surface area contributed by atoms with Crippen molar-refractivity contribution in [2.45, 2.75) is 32.7 Å². The van der Waals surface area contributed by atoms with E-state index in [-0.39, 0.29) is 5.91 Å². The smallest absolute Gasteiger partial charge is 0.234 e. The van der Waals surface area contributed by atoms with Crippen molar-refractivity contribution in [3.8, 4) is 0 Å². The van der Waals surface area contributed by atoms with Crippen LogP contribution in [0, 0.1) is 13.8 Å². The van der Waals surface area contributed by atoms with E-state index in [9.17, 15) is 4.79 Å². The Bertz CT molecular complexity index is 467. The molecule has 2 heterocycles. The molecular formula is C15H26N4OS. The van der Waals surface area contributed by atoms with Crippen LogP contribution in [0.15, 0.2) is 0 Å². The fourth-order valence-electron chi connectivity index (χ4n) is 2.59. The molecule has 6 heteroatoms. The number of hydrogen-bond donors (Lipinski definition) is 1. The van der Waals surface area contributed by atoms with Gasteiger partial charge in [0.25, 0.3) is 0 Å². The van der Waals surface area contributed by atoms with Crippen molar-refractivity contribution in [1.29, 1.82) is 0 Å². The lowest BCUT2D eigenvalue weighted by atomic mass is 10.2. The van der Waals surface area contributed by atoms with Gasteiger partial charge in [-0.05, 0) is 34.4 Å². The van der Waals surface area contributed by atoms with Crippen LogP contribution in [-0.4, -0.2) is 67.0 Å². The number of likely N-dealkylation sites (N-methyl/N-ethyl adjacent to an activating group) is 1. The molecule has 2 rings (SSSR count). The molecule has 1 aromatic rings. The minimum Gasteiger partial charge on any atom is -0.355 e. The molecule has 0 aromatic carbocycles. The summed E-state index contributed by atoms with van der Waals surface area (Å²) in [6.45, 7) is 7.31. The SMILES string of the molecule is Cc1nc(CCNC(=O)CN2CC[C@@H](N(C)C)C2)sc1C. The van der Waals surface area contributed by atoms with Crippen molar-refractivity contribution in [2.75, 3.05) is 40.3 Å². The number of aryl methyl sites for hydroxylation is 2. The molecule has 1 aliphatic heterocycles. The fraction of sp³-hybridized carbons (Fsp3) is 0.733. The second-order valence-corrected chi connectivity index (χ2v) is 7.28. The van der Waals surface area contributed by atoms with E-state index in [0.717, 1.165) is 36.6 Å². The first-order chi connectivity index (χ1) is 9.95. The maximum atomic E-state index is 12.0. The highest BCUT2D eigenvalue weighted by Gasteiger charge is 2.24. The number of thiazole rings is 1. The summed E-state index contributed by atoms with van der Waals surface area (Å²) in [5.41, 5.74) is 1.10. The van der Waals surface area contributed by atoms with Crippen molar-refractivity contribution in [2.24, 2.45) is 0 Å². The molecule has 0 saturated carbocycles. The first-order valence-corrected chi connectivity index (χ1v) is 8.35. The average molecular weight is 310 g/mol. The van der Waals surface area contributed by atoms with Crippen LogP contribution < -0.4 is 5.32 Å². The number of carbonyl (C=O) groups is 1. The average Bonchev–Trinajstić information content (AvgIpc) is 2.98. The number of nitrogens with zero attached hydrogens (tertiary/aromatic N) is 3. The van der Waals surface area contributed by atoms with E-state index in [1.54, 1.807) is 11.3 Å². The zero-order chi connectivity index (χ0) is 15.4. The summed E-state index contributed by atoms with van der Waals surface area (Å²) in [5, 5.41) is 4.11. The third-order valence-electron chi connectivity index (χ3n) is 4.08. The van der Waals surface area contributed by atoms with Crippen LogP contribution in [0.3, 0.4) is 0 Å². The number of aromatic nitrogens is 1. The number of likely N-dealkylation sites (tertiary alicyclic amines) is 1. The van der Waals surface area contributed by atoms with Gasteiger partial charge in [-0.15, -0.1) is 11.3 Å². The normalized spacial score (nSPS) is 19.4. The Morgan fingerprint density at radius 2 is 2.24 bits per heavy atom. The fourth-order valence-corrected chi connectivity index (χ4v) is 3.52. The number of carbonyl (C=O) groups excluding carboxylic acids is 1. The quantitative estimate of drug-likeness (QED) is 0.853. The van der Waals surface area contributed by atoms with Gasteiger partial charge in [0.05, 0.1) is 17.2 Å². The van der Waals surface area contributed by atoms with E-state index in [1.165, 1.54) is 4.88 Å². The van der Waals surface area contributed by atoms with E-state index < -0.39 is 0 Å². The predicted molar refractivity (Wildman–Crippen MR) is 86.8 cm³/mol. The van der Waals surface area contributed by atoms with E-state index in [1.807, 2.05) is 6.92 Å². The van der Waals surface area contributed by atoms with Crippen molar-refractivity contribution >= 4 is 17.2 Å². The number of amides is 1. The summed E-state index contributed by atoms with van der Waals surface area (Å²) < 4.78 is 0. The van der Waals surface area contributed by atoms with E-state index in [2.05, 4.69) is 41.1 Å². The minimum absolute atomic E-state index is 0.124. The topological polar surface area (TPSA) is 48.5 Å². The standard InChI is InChI=1S/C15H26N4OS/c1-11-12(2)21-15(17-11)5-7-16-14(20)10-19-8-6-13(9-19)18(3)4/h13H,5-10H2,1-4H3,(H,16,20)/t13-/m1/s1. The molecule has 0 bridgehead atoms. The highest BCUT2D eigenvalue weighted by Crippen LogP contribution is 2.16. The maximum absolute atomic E-state index is 12.0. The van der Waals surface area contributed by atoms with Gasteiger partial charge >= 0.3 is 0 Å². The zero-order valence-corrected chi connectivity index (χ0v) is 14.3. The van der Waals surface area contributed by atoms with E-state index >= 15 is 0 Å². The molecule has 1 N–H and O–H groups in total. The van der Waals surface area contributed by atoms with Crippen LogP contribution in [0.5, 0.6) is 0 Å². The van der Waals surface area contributed by atoms with Crippen LogP contribution >= 0.6 is 11.3 Å². The maximum Gasteiger partial charge on any atom is 0.234 e. The van der Waals surface area contributed by atoms with Crippen LogP contribution in [0.2, 0.25) is 0 Å². The third kappa shape index (κ3) is 4.76. The molecule has 1 aliphatic rings. The van der Waals surface area contributed by atoms with Gasteiger partial charge in [0.1, 0.15) is 0 Å². The summed E-state index contributed by atoms with van der Waals surface area (Å²) in [5.74, 6) is 0.124. The third-order valence-corrected chi connectivity index (χ3v) is 5.21. The lowest BCUT2D eigenvalue weighted by molar-refractivity contribution is -0.122. The van der Waals surface area contributed by atoms with Gasteiger partial charge in [-0.2, -0.15) is 0 Å². The molecule has 0 radical (unpaired) electrons. The predicted octanol–water partition coefficient (Wildman–Crippen LogP) is 1.05. The lowest BCUT2D eigenvalue weighted by Crippen LogP contribution is -2.38. The van der Waals surface area contributed by atoms with Gasteiger partial charge in [-0.3, -0.25) is 9.69 Å². The Morgan fingerprint density at radius 1 is 1.48 bits per heavy atom. The minimum atomic E-state index is 0.124. The molecule has 1 aromatic heterocycles. The molecule has 1 fully saturated rings. The molecule has 0 spiro atoms. The highest BCUT2D eigenvalue weighted by molar-refractivity contribution is 7.11. The summed E-state index contributed by atoms with van der Waals surface area (Å²) in [4.78, 5) is 22.2. The summed E-state index contributed by atoms with van der Waals surface area (Å²) in [6.07, 6.45) is 1.98. The highest BCUT2D eigenvalue weighted by atomic mass is 32.1. The Morgan fingerprint density at radius 3 is 2.81 bits per heavy atom. The summed E-state index contributed by atoms with van der Waals surface area (Å²) in [7, 11) is 4.21. The second kappa shape index (κ2) is 7.33. The number of hydrogen-bond acceptors (Lipinski definition) is 5. The van der Waals surface area contributed by atoms with Gasteiger partial charge in [0.15, 0.2) is 0 Å². The molecule has 1 saturated heterocycles. The Kier molecular flexibility index (Phi) is 5.72. The van der Waals surface area contributed by atoms with Crippen LogP contribution in [-0.2, 0) is 11.2 Å². The van der Waals surface area contributed by atoms with Crippen molar-refractivity contribution < 1.29 is 4.79 Å². The van der Waals surface area contributed by atoms with Crippen LogP contribution in [0.4, 0.5) is 0 Å².